The zero-order valence-corrected chi connectivity index (χ0v) is 6.63. The van der Waals surface area contributed by atoms with E-state index in [1.807, 2.05) is 37.3 Å². The molecule has 0 unspecified atom stereocenters. The van der Waals surface area contributed by atoms with Gasteiger partial charge < -0.3 is 0 Å². The molecule has 1 rings (SSSR count). The third kappa shape index (κ3) is 2.73. The van der Waals surface area contributed by atoms with Gasteiger partial charge in [0.25, 0.3) is 0 Å². The molecule has 0 fully saturated rings. The van der Waals surface area contributed by atoms with E-state index >= 15 is 0 Å². The summed E-state index contributed by atoms with van der Waals surface area (Å²) < 4.78 is 0. The molecular formula is C9H8Cu. The molecule has 0 bridgehead atoms. The molecular weight excluding hydrogens is 172 g/mol. The van der Waals surface area contributed by atoms with Crippen LogP contribution in [0.3, 0.4) is 0 Å². The molecule has 1 aromatic rings. The SMILES string of the molecule is CC#Cc1ccccc1.[Cu]. The van der Waals surface area contributed by atoms with Gasteiger partial charge in [-0.15, -0.1) is 5.92 Å². The standard InChI is InChI=1S/C9H8.Cu/c1-2-6-9-7-4-3-5-8-9;/h3-5,7-8H,1H3;. The number of hydrogen-bond donors (Lipinski definition) is 0. The number of benzene rings is 1. The molecule has 0 aliphatic carbocycles. The normalized spacial score (nSPS) is 6.90. The first-order valence-electron chi connectivity index (χ1n) is 2.91. The average molecular weight is 180 g/mol. The minimum Gasteiger partial charge on any atom is -0.101 e. The Balaban J connectivity index is 0.000000810. The third-order valence-corrected chi connectivity index (χ3v) is 1.04. The van der Waals surface area contributed by atoms with Crippen molar-refractivity contribution < 1.29 is 17.1 Å². The quantitative estimate of drug-likeness (QED) is 0.423. The van der Waals surface area contributed by atoms with Crippen LogP contribution in [0.4, 0.5) is 0 Å². The van der Waals surface area contributed by atoms with Gasteiger partial charge in [0, 0.05) is 22.6 Å². The second-order valence-electron chi connectivity index (χ2n) is 1.74. The van der Waals surface area contributed by atoms with Gasteiger partial charge in [-0.05, 0) is 19.1 Å². The predicted molar refractivity (Wildman–Crippen MR) is 39.0 cm³/mol. The van der Waals surface area contributed by atoms with Crippen molar-refractivity contribution in [2.45, 2.75) is 6.92 Å². The Morgan fingerprint density at radius 2 is 1.70 bits per heavy atom. The summed E-state index contributed by atoms with van der Waals surface area (Å²) in [7, 11) is 0. The molecule has 0 spiro atoms. The molecule has 0 nitrogen and oxygen atoms in total. The van der Waals surface area contributed by atoms with Gasteiger partial charge in [-0.3, -0.25) is 0 Å². The van der Waals surface area contributed by atoms with Crippen molar-refractivity contribution in [1.29, 1.82) is 0 Å². The Morgan fingerprint density at radius 1 is 1.10 bits per heavy atom. The molecule has 10 heavy (non-hydrogen) atoms. The fourth-order valence-electron chi connectivity index (χ4n) is 0.666. The monoisotopic (exact) mass is 179 g/mol. The zero-order valence-electron chi connectivity index (χ0n) is 5.69. The molecule has 0 aliphatic rings. The molecule has 1 heteroatoms. The molecule has 0 atom stereocenters. The Labute approximate surface area is 72.1 Å². The summed E-state index contributed by atoms with van der Waals surface area (Å²) in [5.74, 6) is 5.79. The van der Waals surface area contributed by atoms with Crippen LogP contribution >= 0.6 is 0 Å². The van der Waals surface area contributed by atoms with Gasteiger partial charge in [-0.1, -0.05) is 24.1 Å². The number of hydrogen-bond acceptors (Lipinski definition) is 0. The molecule has 0 aliphatic heterocycles. The molecule has 1 radical (unpaired) electrons. The molecule has 0 amide bonds. The summed E-state index contributed by atoms with van der Waals surface area (Å²) in [5.41, 5.74) is 1.08. The molecule has 55 valence electrons. The van der Waals surface area contributed by atoms with Crippen molar-refractivity contribution in [2.75, 3.05) is 0 Å². The summed E-state index contributed by atoms with van der Waals surface area (Å²) >= 11 is 0. The molecule has 1 aromatic carbocycles. The summed E-state index contributed by atoms with van der Waals surface area (Å²) in [6.07, 6.45) is 0. The van der Waals surface area contributed by atoms with Crippen LogP contribution in [-0.4, -0.2) is 0 Å². The van der Waals surface area contributed by atoms with Gasteiger partial charge in [-0.2, -0.15) is 0 Å². The van der Waals surface area contributed by atoms with Crippen LogP contribution in [0.2, 0.25) is 0 Å². The fraction of sp³-hybridized carbons (Fsp3) is 0.111. The Hall–Kier alpha value is -0.701. The van der Waals surface area contributed by atoms with E-state index in [1.165, 1.54) is 0 Å². The molecule has 0 saturated carbocycles. The summed E-state index contributed by atoms with van der Waals surface area (Å²) in [6, 6.07) is 9.95. The first kappa shape index (κ1) is 9.30. The van der Waals surface area contributed by atoms with Crippen LogP contribution in [0, 0.1) is 11.8 Å². The average Bonchev–Trinajstić information content (AvgIpc) is 1.91. The molecule has 0 heterocycles. The van der Waals surface area contributed by atoms with Crippen molar-refractivity contribution in [3.63, 3.8) is 0 Å². The van der Waals surface area contributed by atoms with Gasteiger partial charge in [0.15, 0.2) is 0 Å². The maximum Gasteiger partial charge on any atom is 0.0245 e. The summed E-state index contributed by atoms with van der Waals surface area (Å²) in [4.78, 5) is 0. The molecule has 0 aromatic heterocycles. The van der Waals surface area contributed by atoms with Crippen LogP contribution in [0.25, 0.3) is 0 Å². The van der Waals surface area contributed by atoms with E-state index in [9.17, 15) is 0 Å². The van der Waals surface area contributed by atoms with E-state index in [0.717, 1.165) is 5.56 Å². The zero-order chi connectivity index (χ0) is 6.53. The van der Waals surface area contributed by atoms with Gasteiger partial charge >= 0.3 is 0 Å². The van der Waals surface area contributed by atoms with Crippen LogP contribution in [-0.2, 0) is 17.1 Å². The van der Waals surface area contributed by atoms with Crippen LogP contribution in [0.1, 0.15) is 12.5 Å². The minimum absolute atomic E-state index is 0. The maximum atomic E-state index is 2.96. The van der Waals surface area contributed by atoms with E-state index in [1.54, 1.807) is 0 Å². The molecule has 0 saturated heterocycles. The van der Waals surface area contributed by atoms with E-state index in [2.05, 4.69) is 11.8 Å². The van der Waals surface area contributed by atoms with Crippen LogP contribution in [0.15, 0.2) is 30.3 Å². The predicted octanol–water partition coefficient (Wildman–Crippen LogP) is 2.06. The van der Waals surface area contributed by atoms with Crippen molar-refractivity contribution in [3.05, 3.63) is 35.9 Å². The first-order chi connectivity index (χ1) is 4.43. The summed E-state index contributed by atoms with van der Waals surface area (Å²) in [5, 5.41) is 0. The van der Waals surface area contributed by atoms with Crippen molar-refractivity contribution >= 4 is 0 Å². The Kier molecular flexibility index (Phi) is 4.76. The van der Waals surface area contributed by atoms with Crippen molar-refractivity contribution in [3.8, 4) is 11.8 Å². The summed E-state index contributed by atoms with van der Waals surface area (Å²) in [6.45, 7) is 1.84. The van der Waals surface area contributed by atoms with Crippen LogP contribution < -0.4 is 0 Å². The van der Waals surface area contributed by atoms with E-state index < -0.39 is 0 Å². The van der Waals surface area contributed by atoms with E-state index in [0.29, 0.717) is 0 Å². The fourth-order valence-corrected chi connectivity index (χ4v) is 0.666. The minimum atomic E-state index is 0. The second-order valence-corrected chi connectivity index (χ2v) is 1.74. The molecule has 0 N–H and O–H groups in total. The van der Waals surface area contributed by atoms with Gasteiger partial charge in [-0.25, -0.2) is 0 Å². The first-order valence-corrected chi connectivity index (χ1v) is 2.91. The van der Waals surface area contributed by atoms with Crippen molar-refractivity contribution in [2.24, 2.45) is 0 Å². The van der Waals surface area contributed by atoms with Gasteiger partial charge in [0.05, 0.1) is 0 Å². The van der Waals surface area contributed by atoms with Gasteiger partial charge in [0.1, 0.15) is 0 Å². The maximum absolute atomic E-state index is 2.96. The topological polar surface area (TPSA) is 0 Å². The third-order valence-electron chi connectivity index (χ3n) is 1.04. The smallest absolute Gasteiger partial charge is 0.0245 e. The van der Waals surface area contributed by atoms with Gasteiger partial charge in [0.2, 0.25) is 0 Å². The van der Waals surface area contributed by atoms with Crippen molar-refractivity contribution in [1.82, 2.24) is 0 Å². The second kappa shape index (κ2) is 5.11. The van der Waals surface area contributed by atoms with E-state index in [-0.39, 0.29) is 17.1 Å². The number of rotatable bonds is 0. The Bertz CT molecular complexity index is 228. The van der Waals surface area contributed by atoms with E-state index in [4.69, 9.17) is 0 Å². The van der Waals surface area contributed by atoms with Crippen LogP contribution in [0.5, 0.6) is 0 Å². The largest absolute Gasteiger partial charge is 0.101 e. The Morgan fingerprint density at radius 3 is 2.20 bits per heavy atom.